The van der Waals surface area contributed by atoms with Crippen molar-refractivity contribution < 1.29 is 38.1 Å². The minimum absolute atomic E-state index is 0.0126. The van der Waals surface area contributed by atoms with Crippen molar-refractivity contribution in [3.63, 3.8) is 0 Å². The van der Waals surface area contributed by atoms with Crippen molar-refractivity contribution in [2.45, 2.75) is 89.7 Å². The van der Waals surface area contributed by atoms with Crippen LogP contribution in [0.4, 0.5) is 4.39 Å². The summed E-state index contributed by atoms with van der Waals surface area (Å²) in [7, 11) is 0. The maximum atomic E-state index is 15.0. The zero-order chi connectivity index (χ0) is 27.6. The standard InChI is InChI=1S/C28H36ClFO7/c1-6-22(34)36-14-21(33)28(37-23(35)7-2)15(3)12-18-16-8-9-17-24(30)19(31)10-11-25(17,4)27(16,29)20(32)13-26(18,28)5/h10-11,15-16,18,20,32H,6-9,12-14H2,1-5H3/t15?,16-,18-,20?,25-,26-,27-,28-/m0/s1. The monoisotopic (exact) mass is 538 g/mol. The Morgan fingerprint density at radius 3 is 2.43 bits per heavy atom. The Morgan fingerprint density at radius 2 is 1.81 bits per heavy atom. The number of halogens is 2. The summed E-state index contributed by atoms with van der Waals surface area (Å²) in [6.07, 6.45) is 2.92. The van der Waals surface area contributed by atoms with Gasteiger partial charge in [0.2, 0.25) is 11.6 Å². The Hall–Kier alpha value is -2.06. The van der Waals surface area contributed by atoms with Gasteiger partial charge in [-0.25, -0.2) is 4.39 Å². The number of aliphatic hydroxyl groups is 1. The molecule has 4 aliphatic carbocycles. The smallest absolute Gasteiger partial charge is 0.306 e. The second kappa shape index (κ2) is 9.30. The number of Topliss-reactive ketones (excluding diaryl/α,β-unsaturated/α-hetero) is 1. The van der Waals surface area contributed by atoms with Crippen molar-refractivity contribution in [2.24, 2.45) is 28.6 Å². The Bertz CT molecular complexity index is 1100. The zero-order valence-electron chi connectivity index (χ0n) is 22.1. The molecule has 0 aromatic carbocycles. The molecule has 4 rings (SSSR count). The third kappa shape index (κ3) is 3.61. The molecule has 0 heterocycles. The highest BCUT2D eigenvalue weighted by molar-refractivity contribution is 6.26. The summed E-state index contributed by atoms with van der Waals surface area (Å²) in [5, 5.41) is 11.7. The maximum Gasteiger partial charge on any atom is 0.306 e. The number of hydrogen-bond acceptors (Lipinski definition) is 7. The van der Waals surface area contributed by atoms with E-state index in [9.17, 15) is 24.3 Å². The van der Waals surface area contributed by atoms with E-state index >= 15 is 4.39 Å². The second-order valence-electron chi connectivity index (χ2n) is 11.5. The quantitative estimate of drug-likeness (QED) is 0.395. The van der Waals surface area contributed by atoms with E-state index in [0.29, 0.717) is 18.4 Å². The van der Waals surface area contributed by atoms with E-state index in [0.717, 1.165) is 0 Å². The number of fused-ring (bicyclic) bond motifs is 5. The van der Waals surface area contributed by atoms with Gasteiger partial charge < -0.3 is 14.6 Å². The predicted molar refractivity (Wildman–Crippen MR) is 133 cm³/mol. The van der Waals surface area contributed by atoms with Crippen LogP contribution in [0.25, 0.3) is 0 Å². The molecule has 0 spiro atoms. The maximum absolute atomic E-state index is 15.0. The lowest BCUT2D eigenvalue weighted by atomic mass is 9.45. The summed E-state index contributed by atoms with van der Waals surface area (Å²) in [6, 6.07) is 0. The van der Waals surface area contributed by atoms with Crippen molar-refractivity contribution in [1.29, 1.82) is 0 Å². The summed E-state index contributed by atoms with van der Waals surface area (Å²) in [4.78, 5) is 49.2. The molecular formula is C28H36ClFO7. The topological polar surface area (TPSA) is 107 Å². The first-order valence-corrected chi connectivity index (χ1v) is 13.5. The second-order valence-corrected chi connectivity index (χ2v) is 12.1. The molecule has 0 aromatic heterocycles. The Morgan fingerprint density at radius 1 is 1.16 bits per heavy atom. The molecule has 3 saturated carbocycles. The first-order chi connectivity index (χ1) is 17.2. The molecule has 2 unspecified atom stereocenters. The molecule has 8 atom stereocenters. The van der Waals surface area contributed by atoms with Crippen LogP contribution in [0.1, 0.15) is 73.1 Å². The number of carbonyl (C=O) groups excluding carboxylic acids is 4. The van der Waals surface area contributed by atoms with Gasteiger partial charge in [0.05, 0.1) is 11.0 Å². The molecule has 0 aliphatic heterocycles. The van der Waals surface area contributed by atoms with Crippen LogP contribution < -0.4 is 0 Å². The average molecular weight is 539 g/mol. The summed E-state index contributed by atoms with van der Waals surface area (Å²) in [5.41, 5.74) is -3.45. The highest BCUT2D eigenvalue weighted by Crippen LogP contribution is 2.72. The third-order valence-electron chi connectivity index (χ3n) is 9.90. The van der Waals surface area contributed by atoms with Gasteiger partial charge in [-0.15, -0.1) is 11.6 Å². The van der Waals surface area contributed by atoms with E-state index < -0.39 is 69.3 Å². The minimum Gasteiger partial charge on any atom is -0.457 e. The molecule has 0 saturated heterocycles. The average Bonchev–Trinajstić information content (AvgIpc) is 3.07. The minimum atomic E-state index is -1.63. The van der Waals surface area contributed by atoms with E-state index in [1.165, 1.54) is 6.08 Å². The van der Waals surface area contributed by atoms with Crippen LogP contribution in [0.15, 0.2) is 23.6 Å². The van der Waals surface area contributed by atoms with Crippen LogP contribution in [0.3, 0.4) is 0 Å². The molecule has 3 fully saturated rings. The molecule has 0 radical (unpaired) electrons. The summed E-state index contributed by atoms with van der Waals surface area (Å²) in [6.45, 7) is 8.16. The molecular weight excluding hydrogens is 503 g/mol. The molecule has 4 aliphatic rings. The number of esters is 2. The number of ketones is 2. The van der Waals surface area contributed by atoms with Gasteiger partial charge in [0, 0.05) is 29.6 Å². The van der Waals surface area contributed by atoms with Gasteiger partial charge >= 0.3 is 11.9 Å². The number of rotatable bonds is 6. The first kappa shape index (κ1) is 28.0. The van der Waals surface area contributed by atoms with Gasteiger partial charge in [0.1, 0.15) is 0 Å². The highest BCUT2D eigenvalue weighted by atomic mass is 35.5. The lowest BCUT2D eigenvalue weighted by Gasteiger charge is -2.64. The molecule has 9 heteroatoms. The van der Waals surface area contributed by atoms with Crippen molar-refractivity contribution in [2.75, 3.05) is 6.61 Å². The largest absolute Gasteiger partial charge is 0.457 e. The van der Waals surface area contributed by atoms with Gasteiger partial charge in [0.15, 0.2) is 18.0 Å². The summed E-state index contributed by atoms with van der Waals surface area (Å²) >= 11 is 7.38. The van der Waals surface area contributed by atoms with Crippen molar-refractivity contribution >= 4 is 35.1 Å². The number of hydrogen-bond donors (Lipinski definition) is 1. The lowest BCUT2D eigenvalue weighted by Crippen LogP contribution is -2.69. The molecule has 7 nitrogen and oxygen atoms in total. The lowest BCUT2D eigenvalue weighted by molar-refractivity contribution is -0.203. The molecule has 204 valence electrons. The van der Waals surface area contributed by atoms with E-state index in [1.807, 2.05) is 13.8 Å². The number of aliphatic hydroxyl groups excluding tert-OH is 1. The predicted octanol–water partition coefficient (Wildman–Crippen LogP) is 4.38. The Labute approximate surface area is 221 Å². The zero-order valence-corrected chi connectivity index (χ0v) is 22.8. The van der Waals surface area contributed by atoms with E-state index in [1.54, 1.807) is 26.8 Å². The van der Waals surface area contributed by atoms with Crippen LogP contribution in [-0.2, 0) is 28.7 Å². The molecule has 37 heavy (non-hydrogen) atoms. The number of alkyl halides is 1. The Balaban J connectivity index is 1.82. The van der Waals surface area contributed by atoms with Crippen LogP contribution >= 0.6 is 11.6 Å². The fourth-order valence-electron chi connectivity index (χ4n) is 8.08. The van der Waals surface area contributed by atoms with Gasteiger partial charge in [-0.3, -0.25) is 19.2 Å². The van der Waals surface area contributed by atoms with Crippen molar-refractivity contribution in [3.05, 3.63) is 23.6 Å². The van der Waals surface area contributed by atoms with Gasteiger partial charge in [-0.2, -0.15) is 0 Å². The van der Waals surface area contributed by atoms with Gasteiger partial charge in [-0.05, 0) is 49.2 Å². The van der Waals surface area contributed by atoms with Gasteiger partial charge in [0.25, 0.3) is 0 Å². The SMILES string of the molecule is CCC(=O)OCC(=O)[C@@]1(OC(=O)CC)C(C)C[C@H]2[C@@H]3CCC4=C(F)C(=O)C=C[C@]4(C)[C@@]3(Cl)C(O)C[C@@]21C. The Kier molecular flexibility index (Phi) is 7.03. The van der Waals surface area contributed by atoms with E-state index in [-0.39, 0.29) is 37.5 Å². The fraction of sp³-hybridized carbons (Fsp3) is 0.714. The molecule has 0 amide bonds. The molecule has 1 N–H and O–H groups in total. The van der Waals surface area contributed by atoms with E-state index in [4.69, 9.17) is 21.1 Å². The van der Waals surface area contributed by atoms with E-state index in [2.05, 4.69) is 0 Å². The fourth-order valence-corrected chi connectivity index (χ4v) is 8.60. The number of carbonyl (C=O) groups is 4. The van der Waals surface area contributed by atoms with Gasteiger partial charge in [-0.1, -0.05) is 40.7 Å². The van der Waals surface area contributed by atoms with Crippen LogP contribution in [0.2, 0.25) is 0 Å². The first-order valence-electron chi connectivity index (χ1n) is 13.1. The summed E-state index contributed by atoms with van der Waals surface area (Å²) < 4.78 is 26.2. The number of allylic oxidation sites excluding steroid dienone is 4. The molecule has 0 aromatic rings. The summed E-state index contributed by atoms with van der Waals surface area (Å²) in [5.74, 6) is -4.19. The third-order valence-corrected chi connectivity index (χ3v) is 10.8. The van der Waals surface area contributed by atoms with Crippen LogP contribution in [0, 0.1) is 28.6 Å². The normalized spacial score (nSPS) is 42.5. The van der Waals surface area contributed by atoms with Crippen LogP contribution in [0.5, 0.6) is 0 Å². The highest BCUT2D eigenvalue weighted by Gasteiger charge is 2.76. The van der Waals surface area contributed by atoms with Crippen molar-refractivity contribution in [3.8, 4) is 0 Å². The van der Waals surface area contributed by atoms with Crippen molar-refractivity contribution in [1.82, 2.24) is 0 Å². The van der Waals surface area contributed by atoms with Crippen LogP contribution in [-0.4, -0.2) is 51.8 Å². The molecule has 0 bridgehead atoms. The number of ether oxygens (including phenoxy) is 2.